The Kier molecular flexibility index (Phi) is 3.25. The lowest BCUT2D eigenvalue weighted by atomic mass is 9.88. The average molecular weight is 289 g/mol. The normalized spacial score (nSPS) is 35.7. The summed E-state index contributed by atoms with van der Waals surface area (Å²) in [4.78, 5) is 19.4. The highest BCUT2D eigenvalue weighted by molar-refractivity contribution is 5.83. The molecule has 1 aliphatic heterocycles. The van der Waals surface area contributed by atoms with Gasteiger partial charge in [-0.05, 0) is 38.1 Å². The second kappa shape index (κ2) is 5.13. The van der Waals surface area contributed by atoms with E-state index in [0.717, 1.165) is 24.6 Å². The summed E-state index contributed by atoms with van der Waals surface area (Å²) in [6.45, 7) is 0.782. The Bertz CT molecular complexity index is 541. The van der Waals surface area contributed by atoms with Crippen LogP contribution in [0.2, 0.25) is 0 Å². The van der Waals surface area contributed by atoms with Gasteiger partial charge in [-0.25, -0.2) is 4.98 Å². The maximum Gasteiger partial charge on any atom is 0.247 e. The maximum atomic E-state index is 13.0. The first-order chi connectivity index (χ1) is 10.3. The molecule has 2 bridgehead atoms. The highest BCUT2D eigenvalue weighted by atomic mass is 16.3. The molecule has 2 fully saturated rings. The summed E-state index contributed by atoms with van der Waals surface area (Å²) in [6.07, 6.45) is 8.77. The van der Waals surface area contributed by atoms with Crippen molar-refractivity contribution < 1.29 is 9.21 Å². The van der Waals surface area contributed by atoms with Crippen molar-refractivity contribution in [3.8, 4) is 0 Å². The SMILES string of the molecule is CNC1C(=O)N(C2CC3CCCC2C3)CCc2ncoc21. The fraction of sp³-hybridized carbons (Fsp3) is 0.750. The number of carbonyl (C=O) groups excluding carboxylic acids is 1. The van der Waals surface area contributed by atoms with Gasteiger partial charge in [0, 0.05) is 19.0 Å². The summed E-state index contributed by atoms with van der Waals surface area (Å²) < 4.78 is 5.49. The molecule has 5 heteroatoms. The van der Waals surface area contributed by atoms with Gasteiger partial charge in [0.15, 0.2) is 12.2 Å². The number of hydrogen-bond donors (Lipinski definition) is 1. The van der Waals surface area contributed by atoms with Gasteiger partial charge in [-0.1, -0.05) is 12.8 Å². The Morgan fingerprint density at radius 1 is 1.38 bits per heavy atom. The van der Waals surface area contributed by atoms with Crippen LogP contribution in [0.15, 0.2) is 10.8 Å². The molecule has 5 nitrogen and oxygen atoms in total. The van der Waals surface area contributed by atoms with Crippen LogP contribution in [0, 0.1) is 11.8 Å². The maximum absolute atomic E-state index is 13.0. The molecule has 21 heavy (non-hydrogen) atoms. The smallest absolute Gasteiger partial charge is 0.247 e. The molecule has 0 radical (unpaired) electrons. The number of oxazole rings is 1. The minimum atomic E-state index is -0.370. The average Bonchev–Trinajstić information content (AvgIpc) is 3.02. The molecule has 4 unspecified atom stereocenters. The Morgan fingerprint density at radius 3 is 3.10 bits per heavy atom. The summed E-state index contributed by atoms with van der Waals surface area (Å²) in [5, 5.41) is 3.12. The van der Waals surface area contributed by atoms with Crippen LogP contribution in [0.5, 0.6) is 0 Å². The number of nitrogens with one attached hydrogen (secondary N) is 1. The summed E-state index contributed by atoms with van der Waals surface area (Å²) in [5.74, 6) is 2.44. The number of carbonyl (C=O) groups is 1. The third-order valence-electron chi connectivity index (χ3n) is 5.69. The van der Waals surface area contributed by atoms with E-state index in [-0.39, 0.29) is 11.9 Å². The van der Waals surface area contributed by atoms with Crippen molar-refractivity contribution in [2.24, 2.45) is 11.8 Å². The van der Waals surface area contributed by atoms with E-state index in [1.807, 2.05) is 7.05 Å². The topological polar surface area (TPSA) is 58.4 Å². The van der Waals surface area contributed by atoms with Gasteiger partial charge in [-0.3, -0.25) is 4.79 Å². The summed E-state index contributed by atoms with van der Waals surface area (Å²) >= 11 is 0. The van der Waals surface area contributed by atoms with Crippen LogP contribution in [0.1, 0.15) is 49.6 Å². The van der Waals surface area contributed by atoms with Crippen LogP contribution < -0.4 is 5.32 Å². The number of hydrogen-bond acceptors (Lipinski definition) is 4. The van der Waals surface area contributed by atoms with E-state index in [1.54, 1.807) is 0 Å². The molecule has 4 rings (SSSR count). The third-order valence-corrected chi connectivity index (χ3v) is 5.69. The summed E-state index contributed by atoms with van der Waals surface area (Å²) in [7, 11) is 1.82. The number of fused-ring (bicyclic) bond motifs is 3. The first-order valence-corrected chi connectivity index (χ1v) is 8.18. The lowest BCUT2D eigenvalue weighted by Gasteiger charge is -2.33. The van der Waals surface area contributed by atoms with Crippen LogP contribution in [-0.2, 0) is 11.2 Å². The fourth-order valence-corrected chi connectivity index (χ4v) is 4.71. The van der Waals surface area contributed by atoms with Crippen molar-refractivity contribution >= 4 is 5.91 Å². The number of amides is 1. The van der Waals surface area contributed by atoms with Crippen molar-refractivity contribution in [3.05, 3.63) is 17.8 Å². The molecule has 1 N–H and O–H groups in total. The van der Waals surface area contributed by atoms with Crippen LogP contribution in [0.4, 0.5) is 0 Å². The first kappa shape index (κ1) is 13.3. The number of likely N-dealkylation sites (N-methyl/N-ethyl adjacent to an activating group) is 1. The largest absolute Gasteiger partial charge is 0.446 e. The molecule has 0 spiro atoms. The number of aromatic nitrogens is 1. The molecular formula is C16H23N3O2. The second-order valence-corrected chi connectivity index (χ2v) is 6.76. The van der Waals surface area contributed by atoms with Crippen molar-refractivity contribution in [2.75, 3.05) is 13.6 Å². The van der Waals surface area contributed by atoms with Gasteiger partial charge < -0.3 is 14.6 Å². The van der Waals surface area contributed by atoms with Crippen molar-refractivity contribution in [3.63, 3.8) is 0 Å². The summed E-state index contributed by atoms with van der Waals surface area (Å²) in [5.41, 5.74) is 0.936. The lowest BCUT2D eigenvalue weighted by Crippen LogP contribution is -2.46. The predicted molar refractivity (Wildman–Crippen MR) is 77.6 cm³/mol. The second-order valence-electron chi connectivity index (χ2n) is 6.76. The van der Waals surface area contributed by atoms with Gasteiger partial charge in [-0.2, -0.15) is 0 Å². The number of nitrogens with zero attached hydrogens (tertiary/aromatic N) is 2. The highest BCUT2D eigenvalue weighted by Crippen LogP contribution is 2.45. The zero-order valence-electron chi connectivity index (χ0n) is 12.5. The minimum Gasteiger partial charge on any atom is -0.446 e. The van der Waals surface area contributed by atoms with E-state index >= 15 is 0 Å². The lowest BCUT2D eigenvalue weighted by molar-refractivity contribution is -0.136. The zero-order chi connectivity index (χ0) is 14.4. The van der Waals surface area contributed by atoms with Gasteiger partial charge >= 0.3 is 0 Å². The van der Waals surface area contributed by atoms with E-state index in [1.165, 1.54) is 38.5 Å². The highest BCUT2D eigenvalue weighted by Gasteiger charge is 2.44. The van der Waals surface area contributed by atoms with E-state index < -0.39 is 0 Å². The molecule has 1 aromatic rings. The molecule has 2 aliphatic carbocycles. The molecular weight excluding hydrogens is 266 g/mol. The monoisotopic (exact) mass is 289 g/mol. The summed E-state index contributed by atoms with van der Waals surface area (Å²) in [6, 6.07) is 0.0651. The van der Waals surface area contributed by atoms with Crippen LogP contribution >= 0.6 is 0 Å². The molecule has 3 aliphatic rings. The van der Waals surface area contributed by atoms with Crippen LogP contribution in [0.3, 0.4) is 0 Å². The van der Waals surface area contributed by atoms with Crippen molar-refractivity contribution in [2.45, 2.75) is 50.6 Å². The van der Waals surface area contributed by atoms with Gasteiger partial charge in [-0.15, -0.1) is 0 Å². The molecule has 1 amide bonds. The van der Waals surface area contributed by atoms with E-state index in [4.69, 9.17) is 4.42 Å². The molecule has 1 aromatic heterocycles. The molecule has 114 valence electrons. The predicted octanol–water partition coefficient (Wildman–Crippen LogP) is 1.90. The Labute approximate surface area is 125 Å². The molecule has 0 aromatic carbocycles. The van der Waals surface area contributed by atoms with Crippen molar-refractivity contribution in [1.82, 2.24) is 15.2 Å². The number of rotatable bonds is 2. The van der Waals surface area contributed by atoms with E-state index in [0.29, 0.717) is 17.7 Å². The quantitative estimate of drug-likeness (QED) is 0.903. The van der Waals surface area contributed by atoms with E-state index in [9.17, 15) is 4.79 Å². The standard InChI is InChI=1S/C16H23N3O2/c1-17-14-15-12(18-9-21-15)5-6-19(16(14)20)13-8-10-3-2-4-11(13)7-10/h9-11,13-14,17H,2-8H2,1H3. The Hall–Kier alpha value is -1.36. The van der Waals surface area contributed by atoms with Gasteiger partial charge in [0.2, 0.25) is 5.91 Å². The van der Waals surface area contributed by atoms with Gasteiger partial charge in [0.05, 0.1) is 5.69 Å². The first-order valence-electron chi connectivity index (χ1n) is 8.18. The van der Waals surface area contributed by atoms with Gasteiger partial charge in [0.1, 0.15) is 6.04 Å². The van der Waals surface area contributed by atoms with Gasteiger partial charge in [0.25, 0.3) is 0 Å². The fourth-order valence-electron chi connectivity index (χ4n) is 4.71. The van der Waals surface area contributed by atoms with Crippen LogP contribution in [-0.4, -0.2) is 35.4 Å². The van der Waals surface area contributed by atoms with Crippen LogP contribution in [0.25, 0.3) is 0 Å². The third kappa shape index (κ3) is 2.09. The molecule has 2 saturated carbocycles. The van der Waals surface area contributed by atoms with E-state index in [2.05, 4.69) is 15.2 Å². The Morgan fingerprint density at radius 2 is 2.29 bits per heavy atom. The minimum absolute atomic E-state index is 0.172. The molecule has 0 saturated heterocycles. The van der Waals surface area contributed by atoms with Crippen molar-refractivity contribution in [1.29, 1.82) is 0 Å². The molecule has 4 atom stereocenters. The molecule has 2 heterocycles. The Balaban J connectivity index is 1.62. The zero-order valence-corrected chi connectivity index (χ0v) is 12.5.